The largest absolute Gasteiger partial charge is 0.334 e. The number of carbonyl (C=O) groups excluding carboxylic acids is 2. The quantitative estimate of drug-likeness (QED) is 0.899. The van der Waals surface area contributed by atoms with Crippen molar-refractivity contribution in [3.05, 3.63) is 45.4 Å². The van der Waals surface area contributed by atoms with Gasteiger partial charge in [0.25, 0.3) is 0 Å². The number of urea groups is 1. The van der Waals surface area contributed by atoms with Gasteiger partial charge in [0.05, 0.1) is 10.6 Å². The van der Waals surface area contributed by atoms with E-state index in [2.05, 4.69) is 15.6 Å². The summed E-state index contributed by atoms with van der Waals surface area (Å²) in [6.07, 6.45) is 2.20. The lowest BCUT2D eigenvalue weighted by Gasteiger charge is -2.06. The van der Waals surface area contributed by atoms with Gasteiger partial charge in [0.1, 0.15) is 0 Å². The van der Waals surface area contributed by atoms with E-state index in [-0.39, 0.29) is 11.8 Å². The highest BCUT2D eigenvalue weighted by molar-refractivity contribution is 7.17. The second-order valence-corrected chi connectivity index (χ2v) is 6.44. The summed E-state index contributed by atoms with van der Waals surface area (Å²) >= 11 is 7.05. The lowest BCUT2D eigenvalue weighted by molar-refractivity contribution is 0.0976. The van der Waals surface area contributed by atoms with Gasteiger partial charge in [0, 0.05) is 18.0 Å². The number of halogens is 1. The van der Waals surface area contributed by atoms with Crippen LogP contribution < -0.4 is 10.6 Å². The van der Waals surface area contributed by atoms with E-state index in [4.69, 9.17) is 11.6 Å². The Labute approximate surface area is 136 Å². The van der Waals surface area contributed by atoms with Crippen LogP contribution in [0.25, 0.3) is 0 Å². The number of aromatic nitrogens is 1. The highest BCUT2D eigenvalue weighted by atomic mass is 35.5. The van der Waals surface area contributed by atoms with E-state index in [0.29, 0.717) is 28.0 Å². The van der Waals surface area contributed by atoms with Crippen LogP contribution in [0.15, 0.2) is 24.3 Å². The average molecular weight is 336 g/mol. The van der Waals surface area contributed by atoms with Gasteiger partial charge >= 0.3 is 6.03 Å². The smallest absolute Gasteiger partial charge is 0.321 e. The van der Waals surface area contributed by atoms with Crippen LogP contribution >= 0.6 is 22.9 Å². The fraction of sp³-hybridized carbons (Fsp3) is 0.267. The predicted molar refractivity (Wildman–Crippen MR) is 86.7 cm³/mol. The molecule has 2 aromatic rings. The van der Waals surface area contributed by atoms with Crippen molar-refractivity contribution < 1.29 is 9.59 Å². The number of hydrogen-bond donors (Lipinski definition) is 2. The second-order valence-electron chi connectivity index (χ2n) is 5.01. The van der Waals surface area contributed by atoms with Crippen molar-refractivity contribution in [3.8, 4) is 0 Å². The van der Waals surface area contributed by atoms with Crippen molar-refractivity contribution in [2.75, 3.05) is 5.32 Å². The van der Waals surface area contributed by atoms with Crippen molar-refractivity contribution in [2.24, 2.45) is 0 Å². The SMILES string of the molecule is O=C(NCc1ccc(Cl)cc1)Nc1nc2c(s1)C(=O)CCC2. The zero-order valence-electron chi connectivity index (χ0n) is 11.7. The fourth-order valence-electron chi connectivity index (χ4n) is 2.25. The Balaban J connectivity index is 1.58. The molecule has 0 spiro atoms. The van der Waals surface area contributed by atoms with Gasteiger partial charge in [-0.1, -0.05) is 35.1 Å². The minimum Gasteiger partial charge on any atom is -0.334 e. The van der Waals surface area contributed by atoms with Crippen LogP contribution in [-0.4, -0.2) is 16.8 Å². The third kappa shape index (κ3) is 3.45. The monoisotopic (exact) mass is 335 g/mol. The Hall–Kier alpha value is -1.92. The standard InChI is InChI=1S/C15H14ClN3O2S/c16-10-6-4-9(5-7-10)8-17-14(21)19-15-18-11-2-1-3-12(20)13(11)22-15/h4-7H,1-3,8H2,(H2,17,18,19,21). The number of amides is 2. The van der Waals surface area contributed by atoms with E-state index in [1.165, 1.54) is 11.3 Å². The third-order valence-electron chi connectivity index (χ3n) is 3.35. The number of ketones is 1. The third-order valence-corrected chi connectivity index (χ3v) is 4.66. The number of benzene rings is 1. The van der Waals surface area contributed by atoms with Crippen LogP contribution in [0.1, 0.15) is 33.8 Å². The first-order chi connectivity index (χ1) is 10.6. The molecule has 1 aromatic carbocycles. The molecule has 0 fully saturated rings. The number of thiazole rings is 1. The molecule has 3 rings (SSSR count). The minimum atomic E-state index is -0.339. The molecule has 5 nitrogen and oxygen atoms in total. The first-order valence-corrected chi connectivity index (χ1v) is 8.13. The first kappa shape index (κ1) is 15.0. The van der Waals surface area contributed by atoms with Crippen LogP contribution in [0.5, 0.6) is 0 Å². The molecule has 1 aliphatic rings. The Morgan fingerprint density at radius 3 is 2.77 bits per heavy atom. The molecule has 0 unspecified atom stereocenters. The van der Waals surface area contributed by atoms with Crippen LogP contribution in [0.3, 0.4) is 0 Å². The van der Waals surface area contributed by atoms with E-state index in [0.717, 1.165) is 24.1 Å². The number of carbonyl (C=O) groups is 2. The highest BCUT2D eigenvalue weighted by Crippen LogP contribution is 2.29. The Morgan fingerprint density at radius 1 is 1.27 bits per heavy atom. The van der Waals surface area contributed by atoms with Gasteiger partial charge < -0.3 is 5.32 Å². The summed E-state index contributed by atoms with van der Waals surface area (Å²) in [5.74, 6) is 0.119. The molecule has 2 N–H and O–H groups in total. The molecular weight excluding hydrogens is 322 g/mol. The Morgan fingerprint density at radius 2 is 2.05 bits per heavy atom. The van der Waals surface area contributed by atoms with Crippen molar-refractivity contribution in [1.82, 2.24) is 10.3 Å². The van der Waals surface area contributed by atoms with E-state index in [1.54, 1.807) is 12.1 Å². The Kier molecular flexibility index (Phi) is 4.40. The van der Waals surface area contributed by atoms with Gasteiger partial charge in [-0.2, -0.15) is 0 Å². The predicted octanol–water partition coefficient (Wildman–Crippen LogP) is 3.64. The van der Waals surface area contributed by atoms with E-state index in [9.17, 15) is 9.59 Å². The maximum atomic E-state index is 11.9. The highest BCUT2D eigenvalue weighted by Gasteiger charge is 2.22. The van der Waals surface area contributed by atoms with Crippen LogP contribution in [0, 0.1) is 0 Å². The van der Waals surface area contributed by atoms with Gasteiger partial charge in [0.15, 0.2) is 10.9 Å². The summed E-state index contributed by atoms with van der Waals surface area (Å²) in [5.41, 5.74) is 1.75. The summed E-state index contributed by atoms with van der Waals surface area (Å²) in [5, 5.41) is 6.55. The Bertz CT molecular complexity index is 712. The topological polar surface area (TPSA) is 71.1 Å². The van der Waals surface area contributed by atoms with Gasteiger partial charge in [-0.25, -0.2) is 9.78 Å². The van der Waals surface area contributed by atoms with Crippen molar-refractivity contribution in [2.45, 2.75) is 25.8 Å². The van der Waals surface area contributed by atoms with Gasteiger partial charge in [0.2, 0.25) is 0 Å². The molecule has 0 saturated heterocycles. The summed E-state index contributed by atoms with van der Waals surface area (Å²) in [6.45, 7) is 0.396. The molecule has 22 heavy (non-hydrogen) atoms. The number of nitrogens with zero attached hydrogens (tertiary/aromatic N) is 1. The second kappa shape index (κ2) is 6.46. The lowest BCUT2D eigenvalue weighted by Crippen LogP contribution is -2.28. The maximum absolute atomic E-state index is 11.9. The summed E-state index contributed by atoms with van der Waals surface area (Å²) in [6, 6.07) is 6.91. The summed E-state index contributed by atoms with van der Waals surface area (Å²) in [4.78, 5) is 28.6. The molecule has 0 aliphatic heterocycles. The molecule has 0 saturated carbocycles. The normalized spacial score (nSPS) is 13.6. The molecule has 0 atom stereocenters. The summed E-state index contributed by atoms with van der Waals surface area (Å²) in [7, 11) is 0. The maximum Gasteiger partial charge on any atom is 0.321 e. The van der Waals surface area contributed by atoms with E-state index in [1.807, 2.05) is 12.1 Å². The zero-order valence-corrected chi connectivity index (χ0v) is 13.3. The van der Waals surface area contributed by atoms with Crippen molar-refractivity contribution in [3.63, 3.8) is 0 Å². The number of Topliss-reactive ketones (excluding diaryl/α,β-unsaturated/α-hetero) is 1. The van der Waals surface area contributed by atoms with Crippen molar-refractivity contribution in [1.29, 1.82) is 0 Å². The van der Waals surface area contributed by atoms with Crippen molar-refractivity contribution >= 4 is 39.9 Å². The first-order valence-electron chi connectivity index (χ1n) is 6.94. The van der Waals surface area contributed by atoms with Gasteiger partial charge in [-0.3, -0.25) is 10.1 Å². The van der Waals surface area contributed by atoms with E-state index < -0.39 is 0 Å². The number of aryl methyl sites for hydroxylation is 1. The number of hydrogen-bond acceptors (Lipinski definition) is 4. The molecule has 0 bridgehead atoms. The molecule has 0 radical (unpaired) electrons. The minimum absolute atomic E-state index is 0.119. The van der Waals surface area contributed by atoms with Crippen LogP contribution in [-0.2, 0) is 13.0 Å². The molecule has 7 heteroatoms. The number of nitrogens with one attached hydrogen (secondary N) is 2. The lowest BCUT2D eigenvalue weighted by atomic mass is 10.0. The average Bonchev–Trinajstić information content (AvgIpc) is 2.90. The number of fused-ring (bicyclic) bond motifs is 1. The number of rotatable bonds is 3. The molecular formula is C15H14ClN3O2S. The molecule has 114 valence electrons. The number of anilines is 1. The van der Waals surface area contributed by atoms with Gasteiger partial charge in [-0.15, -0.1) is 0 Å². The van der Waals surface area contributed by atoms with Crippen LogP contribution in [0.4, 0.5) is 9.93 Å². The fourth-order valence-corrected chi connectivity index (χ4v) is 3.35. The zero-order chi connectivity index (χ0) is 15.5. The van der Waals surface area contributed by atoms with Gasteiger partial charge in [-0.05, 0) is 30.5 Å². The molecule has 1 heterocycles. The summed E-state index contributed by atoms with van der Waals surface area (Å²) < 4.78 is 0. The molecule has 2 amide bonds. The van der Waals surface area contributed by atoms with E-state index >= 15 is 0 Å². The molecule has 1 aromatic heterocycles. The molecule has 1 aliphatic carbocycles. The van der Waals surface area contributed by atoms with Crippen LogP contribution in [0.2, 0.25) is 5.02 Å².